The number of nitrogens with zero attached hydrogens (tertiary/aromatic N) is 1. The molecular weight excluding hydrogens is 132 g/mol. The average Bonchev–Trinajstić information content (AvgIpc) is 1.86. The molecule has 0 spiro atoms. The molecular formula is C6H10N2O2. The summed E-state index contributed by atoms with van der Waals surface area (Å²) in [6, 6.07) is 1.68. The van der Waals surface area contributed by atoms with Crippen LogP contribution in [0.3, 0.4) is 0 Å². The molecule has 0 heterocycles. The van der Waals surface area contributed by atoms with Crippen LogP contribution in [0.25, 0.3) is 0 Å². The Morgan fingerprint density at radius 3 is 2.80 bits per heavy atom. The largest absolute Gasteiger partial charge is 0.465 e. The van der Waals surface area contributed by atoms with E-state index in [1.807, 2.05) is 13.0 Å². The minimum atomic E-state index is -1.07. The zero-order valence-electron chi connectivity index (χ0n) is 5.79. The minimum absolute atomic E-state index is 0.220. The predicted octanol–water partition coefficient (Wildman–Crippen LogP) is 0.946. The Morgan fingerprint density at radius 2 is 2.50 bits per heavy atom. The Labute approximate surface area is 59.5 Å². The van der Waals surface area contributed by atoms with Crippen LogP contribution in [0.2, 0.25) is 0 Å². The summed E-state index contributed by atoms with van der Waals surface area (Å²) in [4.78, 5) is 10.0. The molecule has 0 aromatic carbocycles. The van der Waals surface area contributed by atoms with Crippen molar-refractivity contribution in [3.8, 4) is 6.07 Å². The van der Waals surface area contributed by atoms with Crippen molar-refractivity contribution in [2.45, 2.75) is 25.8 Å². The standard InChI is InChI=1S/C6H10N2O2/c1-2-5(3-4-7)8-6(9)10/h5,8H,2-3H2,1H3,(H,9,10). The van der Waals surface area contributed by atoms with Crippen molar-refractivity contribution in [1.29, 1.82) is 5.26 Å². The number of hydrogen-bond acceptors (Lipinski definition) is 2. The van der Waals surface area contributed by atoms with Gasteiger partial charge in [-0.25, -0.2) is 4.79 Å². The summed E-state index contributed by atoms with van der Waals surface area (Å²) >= 11 is 0. The smallest absolute Gasteiger partial charge is 0.404 e. The maximum Gasteiger partial charge on any atom is 0.404 e. The van der Waals surface area contributed by atoms with E-state index < -0.39 is 6.09 Å². The summed E-state index contributed by atoms with van der Waals surface area (Å²) in [5, 5.41) is 18.6. The highest BCUT2D eigenvalue weighted by atomic mass is 16.4. The molecule has 1 atom stereocenters. The highest BCUT2D eigenvalue weighted by molar-refractivity contribution is 5.64. The van der Waals surface area contributed by atoms with Gasteiger partial charge in [0, 0.05) is 6.04 Å². The van der Waals surface area contributed by atoms with Crippen LogP contribution in [0.4, 0.5) is 4.79 Å². The maximum absolute atomic E-state index is 10.0. The Kier molecular flexibility index (Phi) is 4.05. The van der Waals surface area contributed by atoms with Crippen molar-refractivity contribution < 1.29 is 9.90 Å². The Hall–Kier alpha value is -1.24. The number of carboxylic acid groups (broad SMARTS) is 1. The second-order valence-corrected chi connectivity index (χ2v) is 1.92. The summed E-state index contributed by atoms with van der Waals surface area (Å²) in [5.41, 5.74) is 0. The summed E-state index contributed by atoms with van der Waals surface area (Å²) in [6.07, 6.45) is -0.176. The third-order valence-electron chi connectivity index (χ3n) is 1.16. The molecule has 0 aliphatic heterocycles. The molecule has 0 fully saturated rings. The average molecular weight is 142 g/mol. The van der Waals surface area contributed by atoms with Gasteiger partial charge >= 0.3 is 6.09 Å². The van der Waals surface area contributed by atoms with E-state index in [4.69, 9.17) is 10.4 Å². The highest BCUT2D eigenvalue weighted by Crippen LogP contribution is 1.94. The van der Waals surface area contributed by atoms with Crippen molar-refractivity contribution in [1.82, 2.24) is 5.32 Å². The molecule has 2 N–H and O–H groups in total. The second-order valence-electron chi connectivity index (χ2n) is 1.92. The molecule has 0 aromatic heterocycles. The quantitative estimate of drug-likeness (QED) is 0.616. The van der Waals surface area contributed by atoms with Crippen LogP contribution < -0.4 is 5.32 Å². The summed E-state index contributed by atoms with van der Waals surface area (Å²) < 4.78 is 0. The van der Waals surface area contributed by atoms with Gasteiger partial charge < -0.3 is 10.4 Å². The lowest BCUT2D eigenvalue weighted by atomic mass is 10.2. The first-order valence-electron chi connectivity index (χ1n) is 3.07. The van der Waals surface area contributed by atoms with E-state index in [0.717, 1.165) is 0 Å². The van der Waals surface area contributed by atoms with E-state index >= 15 is 0 Å². The maximum atomic E-state index is 10.0. The predicted molar refractivity (Wildman–Crippen MR) is 35.5 cm³/mol. The number of amides is 1. The molecule has 0 rings (SSSR count). The van der Waals surface area contributed by atoms with Gasteiger partial charge in [0.05, 0.1) is 12.5 Å². The molecule has 0 aliphatic rings. The lowest BCUT2D eigenvalue weighted by Crippen LogP contribution is -2.32. The van der Waals surface area contributed by atoms with E-state index in [9.17, 15) is 4.79 Å². The summed E-state index contributed by atoms with van der Waals surface area (Å²) in [5.74, 6) is 0. The second kappa shape index (κ2) is 4.62. The molecule has 0 aromatic rings. The number of hydrogen-bond donors (Lipinski definition) is 2. The highest BCUT2D eigenvalue weighted by Gasteiger charge is 2.06. The van der Waals surface area contributed by atoms with E-state index in [-0.39, 0.29) is 12.5 Å². The zero-order valence-corrected chi connectivity index (χ0v) is 5.79. The third-order valence-corrected chi connectivity index (χ3v) is 1.16. The Balaban J connectivity index is 3.62. The third kappa shape index (κ3) is 3.72. The minimum Gasteiger partial charge on any atom is -0.465 e. The first kappa shape index (κ1) is 8.76. The van der Waals surface area contributed by atoms with Crippen LogP contribution in [-0.4, -0.2) is 17.2 Å². The zero-order chi connectivity index (χ0) is 7.98. The molecule has 0 aliphatic carbocycles. The SMILES string of the molecule is CCC(CC#N)NC(=O)O. The van der Waals surface area contributed by atoms with Crippen molar-refractivity contribution in [2.75, 3.05) is 0 Å². The molecule has 0 bridgehead atoms. The van der Waals surface area contributed by atoms with Crippen LogP contribution in [0.1, 0.15) is 19.8 Å². The molecule has 4 nitrogen and oxygen atoms in total. The number of nitrogens with one attached hydrogen (secondary N) is 1. The topological polar surface area (TPSA) is 73.1 Å². The first-order valence-corrected chi connectivity index (χ1v) is 3.07. The van der Waals surface area contributed by atoms with E-state index in [1.54, 1.807) is 0 Å². The van der Waals surface area contributed by atoms with Crippen molar-refractivity contribution in [3.05, 3.63) is 0 Å². The van der Waals surface area contributed by atoms with Crippen molar-refractivity contribution >= 4 is 6.09 Å². The summed E-state index contributed by atoms with van der Waals surface area (Å²) in [7, 11) is 0. The van der Waals surface area contributed by atoms with Gasteiger partial charge in [0.15, 0.2) is 0 Å². The molecule has 4 heteroatoms. The Morgan fingerprint density at radius 1 is 1.90 bits per heavy atom. The normalized spacial score (nSPS) is 11.6. The van der Waals surface area contributed by atoms with Gasteiger partial charge in [-0.3, -0.25) is 0 Å². The van der Waals surface area contributed by atoms with Gasteiger partial charge in [-0.05, 0) is 6.42 Å². The van der Waals surface area contributed by atoms with Crippen LogP contribution in [0.15, 0.2) is 0 Å². The van der Waals surface area contributed by atoms with E-state index in [0.29, 0.717) is 6.42 Å². The molecule has 0 saturated carbocycles. The fraction of sp³-hybridized carbons (Fsp3) is 0.667. The van der Waals surface area contributed by atoms with Gasteiger partial charge in [-0.2, -0.15) is 5.26 Å². The molecule has 1 amide bonds. The van der Waals surface area contributed by atoms with Crippen LogP contribution in [0.5, 0.6) is 0 Å². The fourth-order valence-corrected chi connectivity index (χ4v) is 0.582. The Bertz CT molecular complexity index is 150. The number of carbonyl (C=O) groups is 1. The van der Waals surface area contributed by atoms with Crippen molar-refractivity contribution in [2.24, 2.45) is 0 Å². The van der Waals surface area contributed by atoms with Gasteiger partial charge in [0.1, 0.15) is 0 Å². The number of nitriles is 1. The molecule has 56 valence electrons. The molecule has 0 radical (unpaired) electrons. The molecule has 10 heavy (non-hydrogen) atoms. The summed E-state index contributed by atoms with van der Waals surface area (Å²) in [6.45, 7) is 1.83. The van der Waals surface area contributed by atoms with E-state index in [2.05, 4.69) is 5.32 Å². The molecule has 1 unspecified atom stereocenters. The molecule has 0 saturated heterocycles. The first-order chi connectivity index (χ1) is 4.70. The lowest BCUT2D eigenvalue weighted by Gasteiger charge is -2.08. The van der Waals surface area contributed by atoms with E-state index in [1.165, 1.54) is 0 Å². The number of rotatable bonds is 3. The van der Waals surface area contributed by atoms with Crippen molar-refractivity contribution in [3.63, 3.8) is 0 Å². The fourth-order valence-electron chi connectivity index (χ4n) is 0.582. The monoisotopic (exact) mass is 142 g/mol. The van der Waals surface area contributed by atoms with Gasteiger partial charge in [-0.1, -0.05) is 6.92 Å². The van der Waals surface area contributed by atoms with Gasteiger partial charge in [0.25, 0.3) is 0 Å². The van der Waals surface area contributed by atoms with Crippen LogP contribution >= 0.6 is 0 Å². The lowest BCUT2D eigenvalue weighted by molar-refractivity contribution is 0.189. The van der Waals surface area contributed by atoms with Gasteiger partial charge in [-0.15, -0.1) is 0 Å². The van der Waals surface area contributed by atoms with Gasteiger partial charge in [0.2, 0.25) is 0 Å². The van der Waals surface area contributed by atoms with Crippen LogP contribution in [-0.2, 0) is 0 Å². The van der Waals surface area contributed by atoms with Crippen LogP contribution in [0, 0.1) is 11.3 Å².